The molecule has 0 heterocycles. The van der Waals surface area contributed by atoms with Gasteiger partial charge in [0.25, 0.3) is 0 Å². The third-order valence-electron chi connectivity index (χ3n) is 13.6. The third-order valence-corrected chi connectivity index (χ3v) is 13.6. The lowest BCUT2D eigenvalue weighted by atomic mass is 10.0. The van der Waals surface area contributed by atoms with Crippen molar-refractivity contribution in [3.05, 3.63) is 48.6 Å². The molecule has 1 amide bonds. The van der Waals surface area contributed by atoms with Crippen molar-refractivity contribution in [1.29, 1.82) is 0 Å². The fourth-order valence-corrected chi connectivity index (χ4v) is 8.95. The van der Waals surface area contributed by atoms with E-state index in [0.717, 1.165) is 51.4 Å². The monoisotopic (exact) mass is 954 g/mol. The molecular weight excluding hydrogens is 839 g/mol. The number of aliphatic hydroxyl groups excluding tert-OH is 2. The quantitative estimate of drug-likeness (QED) is 0.0321. The zero-order valence-corrected chi connectivity index (χ0v) is 45.3. The third kappa shape index (κ3) is 53.2. The summed E-state index contributed by atoms with van der Waals surface area (Å²) < 4.78 is 5.47. The first-order chi connectivity index (χ1) is 33.5. The molecule has 0 saturated carbocycles. The van der Waals surface area contributed by atoms with Gasteiger partial charge in [-0.25, -0.2) is 0 Å². The number of hydrogen-bond acceptors (Lipinski definition) is 5. The first kappa shape index (κ1) is 65.8. The average Bonchev–Trinajstić information content (AvgIpc) is 3.34. The molecule has 68 heavy (non-hydrogen) atoms. The molecule has 0 aliphatic heterocycles. The molecule has 0 aromatic heterocycles. The fraction of sp³-hybridized carbons (Fsp3) is 0.839. The van der Waals surface area contributed by atoms with Crippen molar-refractivity contribution < 1.29 is 24.5 Å². The number of esters is 1. The van der Waals surface area contributed by atoms with Crippen LogP contribution in [-0.4, -0.2) is 47.4 Å². The second kappa shape index (κ2) is 57.4. The van der Waals surface area contributed by atoms with E-state index in [4.69, 9.17) is 4.74 Å². The van der Waals surface area contributed by atoms with Crippen LogP contribution in [0.15, 0.2) is 48.6 Å². The molecule has 6 heteroatoms. The van der Waals surface area contributed by atoms with Crippen molar-refractivity contribution >= 4 is 11.9 Å². The Morgan fingerprint density at radius 1 is 0.412 bits per heavy atom. The summed E-state index contributed by atoms with van der Waals surface area (Å²) in [5.74, 6) is -0.0729. The summed E-state index contributed by atoms with van der Waals surface area (Å²) >= 11 is 0. The van der Waals surface area contributed by atoms with Gasteiger partial charge in [0.2, 0.25) is 5.91 Å². The molecule has 398 valence electrons. The first-order valence-electron chi connectivity index (χ1n) is 29.9. The average molecular weight is 955 g/mol. The van der Waals surface area contributed by atoms with Crippen LogP contribution in [0.2, 0.25) is 0 Å². The highest BCUT2D eigenvalue weighted by molar-refractivity contribution is 5.76. The van der Waals surface area contributed by atoms with Crippen LogP contribution >= 0.6 is 0 Å². The van der Waals surface area contributed by atoms with Gasteiger partial charge in [0, 0.05) is 12.8 Å². The minimum atomic E-state index is -0.844. The van der Waals surface area contributed by atoms with E-state index in [1.165, 1.54) is 231 Å². The number of aliphatic hydroxyl groups is 2. The number of nitrogens with one attached hydrogen (secondary N) is 1. The van der Waals surface area contributed by atoms with Gasteiger partial charge in [-0.3, -0.25) is 9.59 Å². The molecule has 0 bridgehead atoms. The minimum absolute atomic E-state index is 0.000722. The first-order valence-corrected chi connectivity index (χ1v) is 29.9. The van der Waals surface area contributed by atoms with Crippen LogP contribution < -0.4 is 5.32 Å². The Balaban J connectivity index is 3.39. The highest BCUT2D eigenvalue weighted by atomic mass is 16.5. The lowest BCUT2D eigenvalue weighted by molar-refractivity contribution is -0.143. The predicted octanol–water partition coefficient (Wildman–Crippen LogP) is 18.6. The van der Waals surface area contributed by atoms with Crippen molar-refractivity contribution in [3.8, 4) is 0 Å². The highest BCUT2D eigenvalue weighted by Crippen LogP contribution is 2.16. The van der Waals surface area contributed by atoms with Crippen LogP contribution in [0.1, 0.15) is 309 Å². The molecule has 0 radical (unpaired) electrons. The van der Waals surface area contributed by atoms with Crippen molar-refractivity contribution in [2.45, 2.75) is 321 Å². The maximum absolute atomic E-state index is 12.4. The van der Waals surface area contributed by atoms with Crippen LogP contribution in [0.4, 0.5) is 0 Å². The topological polar surface area (TPSA) is 95.9 Å². The van der Waals surface area contributed by atoms with Gasteiger partial charge in [-0.05, 0) is 89.9 Å². The molecule has 2 unspecified atom stereocenters. The molecule has 0 aromatic rings. The molecule has 0 aliphatic rings. The van der Waals surface area contributed by atoms with Crippen LogP contribution in [0.5, 0.6) is 0 Å². The van der Waals surface area contributed by atoms with Crippen molar-refractivity contribution in [3.63, 3.8) is 0 Å². The minimum Gasteiger partial charge on any atom is -0.466 e. The highest BCUT2D eigenvalue weighted by Gasteiger charge is 2.18. The number of carbonyl (C=O) groups excluding carboxylic acids is 2. The van der Waals surface area contributed by atoms with Gasteiger partial charge >= 0.3 is 5.97 Å². The largest absolute Gasteiger partial charge is 0.466 e. The summed E-state index contributed by atoms with van der Waals surface area (Å²) in [6.45, 7) is 4.85. The van der Waals surface area contributed by atoms with E-state index < -0.39 is 12.1 Å². The van der Waals surface area contributed by atoms with Crippen LogP contribution in [0.3, 0.4) is 0 Å². The Morgan fingerprint density at radius 3 is 1.16 bits per heavy atom. The predicted molar refractivity (Wildman–Crippen MR) is 296 cm³/mol. The molecular formula is C62H115NO5. The van der Waals surface area contributed by atoms with E-state index >= 15 is 0 Å². The standard InChI is InChI=1S/C62H115NO5/c1-3-5-7-9-11-13-15-16-29-33-36-40-44-48-52-56-62(67)68-57-53-49-45-41-37-34-31-28-26-24-22-20-18-17-19-21-23-25-27-30-32-35-39-43-47-51-55-61(66)63-59(58-64)60(65)54-50-46-42-38-14-12-10-8-6-4-2/h11,13,16-17,19,29,50,54,59-60,64-65H,3-10,12,14-15,18,20-28,30-49,51-53,55-58H2,1-2H3,(H,63,66)/b13-11-,19-17-,29-16-,54-50+. The number of carbonyl (C=O) groups is 2. The number of ether oxygens (including phenoxy) is 1. The normalized spacial score (nSPS) is 12.9. The van der Waals surface area contributed by atoms with Gasteiger partial charge in [0.05, 0.1) is 25.4 Å². The molecule has 0 saturated heterocycles. The van der Waals surface area contributed by atoms with Gasteiger partial charge in [-0.15, -0.1) is 0 Å². The van der Waals surface area contributed by atoms with E-state index in [1.54, 1.807) is 6.08 Å². The van der Waals surface area contributed by atoms with Gasteiger partial charge in [0.1, 0.15) is 0 Å². The van der Waals surface area contributed by atoms with Gasteiger partial charge in [-0.1, -0.05) is 255 Å². The van der Waals surface area contributed by atoms with E-state index in [9.17, 15) is 19.8 Å². The van der Waals surface area contributed by atoms with E-state index in [0.29, 0.717) is 19.4 Å². The maximum atomic E-state index is 12.4. The zero-order chi connectivity index (χ0) is 49.3. The maximum Gasteiger partial charge on any atom is 0.305 e. The molecule has 0 spiro atoms. The molecule has 0 fully saturated rings. The number of amides is 1. The molecule has 0 aliphatic carbocycles. The van der Waals surface area contributed by atoms with E-state index in [2.05, 4.69) is 55.6 Å². The lowest BCUT2D eigenvalue weighted by Gasteiger charge is -2.20. The van der Waals surface area contributed by atoms with E-state index in [-0.39, 0.29) is 18.5 Å². The van der Waals surface area contributed by atoms with Crippen molar-refractivity contribution in [2.24, 2.45) is 0 Å². The summed E-state index contributed by atoms with van der Waals surface area (Å²) in [5, 5.41) is 23.0. The lowest BCUT2D eigenvalue weighted by Crippen LogP contribution is -2.45. The van der Waals surface area contributed by atoms with Crippen molar-refractivity contribution in [2.75, 3.05) is 13.2 Å². The summed E-state index contributed by atoms with van der Waals surface area (Å²) in [7, 11) is 0. The van der Waals surface area contributed by atoms with Crippen LogP contribution in [0.25, 0.3) is 0 Å². The Kier molecular flexibility index (Phi) is 55.6. The second-order valence-corrected chi connectivity index (χ2v) is 20.3. The molecule has 6 nitrogen and oxygen atoms in total. The number of unbranched alkanes of at least 4 members (excludes halogenated alkanes) is 38. The van der Waals surface area contributed by atoms with Gasteiger partial charge in [0.15, 0.2) is 0 Å². The van der Waals surface area contributed by atoms with Gasteiger partial charge in [-0.2, -0.15) is 0 Å². The molecule has 0 rings (SSSR count). The molecule has 3 N–H and O–H groups in total. The Hall–Kier alpha value is -2.18. The summed E-state index contributed by atoms with van der Waals surface area (Å²) in [4.78, 5) is 24.4. The summed E-state index contributed by atoms with van der Waals surface area (Å²) in [6.07, 6.45) is 73.0. The summed E-state index contributed by atoms with van der Waals surface area (Å²) in [6, 6.07) is -0.628. The molecule has 2 atom stereocenters. The van der Waals surface area contributed by atoms with Gasteiger partial charge < -0.3 is 20.3 Å². The molecule has 0 aromatic carbocycles. The summed E-state index contributed by atoms with van der Waals surface area (Å²) in [5.41, 5.74) is 0. The zero-order valence-electron chi connectivity index (χ0n) is 45.3. The van der Waals surface area contributed by atoms with Crippen LogP contribution in [0, 0.1) is 0 Å². The van der Waals surface area contributed by atoms with Crippen molar-refractivity contribution in [1.82, 2.24) is 5.32 Å². The number of rotatable bonds is 55. The Labute approximate surface area is 423 Å². The SMILES string of the molecule is CCCCC/C=C\C/C=C\CCCCCCCC(=O)OCCCCCCCCCCCCCC/C=C\CCCCCCCCCCCCC(=O)NC(CO)C(O)/C=C/CCCCCCCCCC. The fourth-order valence-electron chi connectivity index (χ4n) is 8.95. The Bertz CT molecular complexity index is 1150. The van der Waals surface area contributed by atoms with E-state index in [1.807, 2.05) is 6.08 Å². The Morgan fingerprint density at radius 2 is 0.735 bits per heavy atom. The number of allylic oxidation sites excluding steroid dienone is 7. The van der Waals surface area contributed by atoms with Crippen LogP contribution in [-0.2, 0) is 14.3 Å². The smallest absolute Gasteiger partial charge is 0.305 e. The number of hydrogen-bond donors (Lipinski definition) is 3. The second-order valence-electron chi connectivity index (χ2n) is 20.3.